The number of hydrogen-bond acceptors (Lipinski definition) is 1. The Labute approximate surface area is 115 Å². The SMILES string of the molecule is NC(CCc1cccc2ccccc12)C1CCCC1. The highest BCUT2D eigenvalue weighted by Crippen LogP contribution is 2.29. The average Bonchev–Trinajstić information content (AvgIpc) is 2.99. The molecule has 0 radical (unpaired) electrons. The van der Waals surface area contributed by atoms with Gasteiger partial charge in [-0.2, -0.15) is 0 Å². The lowest BCUT2D eigenvalue weighted by Gasteiger charge is -2.19. The van der Waals surface area contributed by atoms with Crippen molar-refractivity contribution in [1.82, 2.24) is 0 Å². The van der Waals surface area contributed by atoms with E-state index in [4.69, 9.17) is 5.73 Å². The van der Waals surface area contributed by atoms with E-state index in [0.29, 0.717) is 6.04 Å². The van der Waals surface area contributed by atoms with Crippen LogP contribution >= 0.6 is 0 Å². The number of aryl methyl sites for hydroxylation is 1. The highest BCUT2D eigenvalue weighted by atomic mass is 14.6. The lowest BCUT2D eigenvalue weighted by molar-refractivity contribution is 0.410. The summed E-state index contributed by atoms with van der Waals surface area (Å²) in [4.78, 5) is 0. The number of nitrogens with two attached hydrogens (primary N) is 1. The van der Waals surface area contributed by atoms with Crippen molar-refractivity contribution in [3.8, 4) is 0 Å². The molecule has 0 spiro atoms. The quantitative estimate of drug-likeness (QED) is 0.864. The van der Waals surface area contributed by atoms with Gasteiger partial charge in [0.1, 0.15) is 0 Å². The monoisotopic (exact) mass is 253 g/mol. The van der Waals surface area contributed by atoms with E-state index >= 15 is 0 Å². The maximum atomic E-state index is 6.37. The Kier molecular flexibility index (Phi) is 3.84. The summed E-state index contributed by atoms with van der Waals surface area (Å²) in [7, 11) is 0. The van der Waals surface area contributed by atoms with Crippen LogP contribution < -0.4 is 5.73 Å². The first kappa shape index (κ1) is 12.7. The molecule has 0 saturated heterocycles. The van der Waals surface area contributed by atoms with Crippen LogP contribution in [0.3, 0.4) is 0 Å². The maximum Gasteiger partial charge on any atom is 0.00703 e. The zero-order chi connectivity index (χ0) is 13.1. The van der Waals surface area contributed by atoms with Crippen molar-refractivity contribution in [2.45, 2.75) is 44.6 Å². The lowest BCUT2D eigenvalue weighted by Crippen LogP contribution is -2.28. The van der Waals surface area contributed by atoms with Crippen LogP contribution in [0.1, 0.15) is 37.7 Å². The van der Waals surface area contributed by atoms with Gasteiger partial charge in [0, 0.05) is 6.04 Å². The van der Waals surface area contributed by atoms with Crippen LogP contribution in [0.4, 0.5) is 0 Å². The van der Waals surface area contributed by atoms with Crippen LogP contribution in [0, 0.1) is 5.92 Å². The second-order valence-corrected chi connectivity index (χ2v) is 5.89. The van der Waals surface area contributed by atoms with Gasteiger partial charge in [0.05, 0.1) is 0 Å². The summed E-state index contributed by atoms with van der Waals surface area (Å²) < 4.78 is 0. The Morgan fingerprint density at radius 1 is 1.00 bits per heavy atom. The van der Waals surface area contributed by atoms with E-state index in [1.54, 1.807) is 0 Å². The summed E-state index contributed by atoms with van der Waals surface area (Å²) in [5.41, 5.74) is 7.82. The van der Waals surface area contributed by atoms with Crippen LogP contribution in [0.15, 0.2) is 42.5 Å². The van der Waals surface area contributed by atoms with E-state index in [2.05, 4.69) is 42.5 Å². The number of rotatable bonds is 4. The van der Waals surface area contributed by atoms with E-state index in [1.165, 1.54) is 42.0 Å². The Morgan fingerprint density at radius 3 is 2.58 bits per heavy atom. The van der Waals surface area contributed by atoms with Gasteiger partial charge >= 0.3 is 0 Å². The van der Waals surface area contributed by atoms with Crippen LogP contribution in [0.2, 0.25) is 0 Å². The fourth-order valence-electron chi connectivity index (χ4n) is 3.45. The molecule has 0 bridgehead atoms. The summed E-state index contributed by atoms with van der Waals surface area (Å²) in [6.07, 6.45) is 7.68. The molecule has 3 rings (SSSR count). The van der Waals surface area contributed by atoms with E-state index in [0.717, 1.165) is 18.8 Å². The second-order valence-electron chi connectivity index (χ2n) is 5.89. The third kappa shape index (κ3) is 2.82. The minimum atomic E-state index is 0.390. The van der Waals surface area contributed by atoms with Crippen molar-refractivity contribution in [3.63, 3.8) is 0 Å². The summed E-state index contributed by atoms with van der Waals surface area (Å²) in [5.74, 6) is 0.773. The molecule has 0 amide bonds. The van der Waals surface area contributed by atoms with Gasteiger partial charge in [-0.05, 0) is 47.9 Å². The molecular weight excluding hydrogens is 230 g/mol. The third-order valence-corrected chi connectivity index (χ3v) is 4.63. The summed E-state index contributed by atoms with van der Waals surface area (Å²) in [6, 6.07) is 15.7. The number of fused-ring (bicyclic) bond motifs is 1. The van der Waals surface area contributed by atoms with Gasteiger partial charge in [0.15, 0.2) is 0 Å². The molecule has 0 heterocycles. The molecule has 2 aromatic carbocycles. The topological polar surface area (TPSA) is 26.0 Å². The molecule has 19 heavy (non-hydrogen) atoms. The molecule has 100 valence electrons. The molecular formula is C18H23N. The zero-order valence-electron chi connectivity index (χ0n) is 11.5. The summed E-state index contributed by atoms with van der Waals surface area (Å²) >= 11 is 0. The first-order valence-electron chi connectivity index (χ1n) is 7.57. The van der Waals surface area contributed by atoms with Gasteiger partial charge in [-0.15, -0.1) is 0 Å². The smallest absolute Gasteiger partial charge is 0.00703 e. The van der Waals surface area contributed by atoms with Gasteiger partial charge in [0.2, 0.25) is 0 Å². The van der Waals surface area contributed by atoms with Gasteiger partial charge < -0.3 is 5.73 Å². The Bertz CT molecular complexity index is 535. The molecule has 1 aliphatic rings. The molecule has 1 unspecified atom stereocenters. The summed E-state index contributed by atoms with van der Waals surface area (Å²) in [6.45, 7) is 0. The molecule has 1 nitrogen and oxygen atoms in total. The predicted octanol–water partition coefficient (Wildman–Crippen LogP) is 4.29. The molecule has 0 aromatic heterocycles. The van der Waals surface area contributed by atoms with E-state index in [9.17, 15) is 0 Å². The van der Waals surface area contributed by atoms with Crippen molar-refractivity contribution in [1.29, 1.82) is 0 Å². The Morgan fingerprint density at radius 2 is 1.74 bits per heavy atom. The molecule has 1 aliphatic carbocycles. The average molecular weight is 253 g/mol. The zero-order valence-corrected chi connectivity index (χ0v) is 11.5. The van der Waals surface area contributed by atoms with Crippen molar-refractivity contribution >= 4 is 10.8 Å². The first-order valence-corrected chi connectivity index (χ1v) is 7.57. The van der Waals surface area contributed by atoms with Crippen molar-refractivity contribution in [2.75, 3.05) is 0 Å². The molecule has 1 heteroatoms. The maximum absolute atomic E-state index is 6.37. The van der Waals surface area contributed by atoms with Crippen LogP contribution in [-0.4, -0.2) is 6.04 Å². The van der Waals surface area contributed by atoms with Crippen LogP contribution in [0.5, 0.6) is 0 Å². The number of hydrogen-bond donors (Lipinski definition) is 1. The minimum Gasteiger partial charge on any atom is -0.327 e. The fourth-order valence-corrected chi connectivity index (χ4v) is 3.45. The molecule has 0 aliphatic heterocycles. The normalized spacial score (nSPS) is 17.9. The fraction of sp³-hybridized carbons (Fsp3) is 0.444. The van der Waals surface area contributed by atoms with Crippen molar-refractivity contribution < 1.29 is 0 Å². The van der Waals surface area contributed by atoms with Gasteiger partial charge in [-0.3, -0.25) is 0 Å². The highest BCUT2D eigenvalue weighted by molar-refractivity contribution is 5.85. The van der Waals surface area contributed by atoms with Crippen LogP contribution in [-0.2, 0) is 6.42 Å². The molecule has 1 fully saturated rings. The Balaban J connectivity index is 1.71. The molecule has 1 atom stereocenters. The molecule has 2 aromatic rings. The van der Waals surface area contributed by atoms with Crippen molar-refractivity contribution in [3.05, 3.63) is 48.0 Å². The number of benzene rings is 2. The van der Waals surface area contributed by atoms with E-state index in [1.807, 2.05) is 0 Å². The molecule has 2 N–H and O–H groups in total. The third-order valence-electron chi connectivity index (χ3n) is 4.63. The molecule has 1 saturated carbocycles. The highest BCUT2D eigenvalue weighted by Gasteiger charge is 2.21. The first-order chi connectivity index (χ1) is 9.34. The second kappa shape index (κ2) is 5.75. The minimum absolute atomic E-state index is 0.390. The lowest BCUT2D eigenvalue weighted by atomic mass is 9.92. The van der Waals surface area contributed by atoms with Gasteiger partial charge in [-0.1, -0.05) is 55.3 Å². The van der Waals surface area contributed by atoms with Crippen molar-refractivity contribution in [2.24, 2.45) is 11.7 Å². The van der Waals surface area contributed by atoms with Crippen LogP contribution in [0.25, 0.3) is 10.8 Å². The van der Waals surface area contributed by atoms with E-state index < -0.39 is 0 Å². The largest absolute Gasteiger partial charge is 0.327 e. The Hall–Kier alpha value is -1.34. The summed E-state index contributed by atoms with van der Waals surface area (Å²) in [5, 5.41) is 2.73. The predicted molar refractivity (Wildman–Crippen MR) is 82.2 cm³/mol. The van der Waals surface area contributed by atoms with Gasteiger partial charge in [-0.25, -0.2) is 0 Å². The van der Waals surface area contributed by atoms with Gasteiger partial charge in [0.25, 0.3) is 0 Å². The standard InChI is InChI=1S/C18H23N/c19-18(16-7-1-2-8-16)13-12-15-10-5-9-14-6-3-4-11-17(14)15/h3-6,9-11,16,18H,1-2,7-8,12-13,19H2. The van der Waals surface area contributed by atoms with E-state index in [-0.39, 0.29) is 0 Å².